The third kappa shape index (κ3) is 9.18. The van der Waals surface area contributed by atoms with Crippen LogP contribution in [-0.2, 0) is 42.9 Å². The highest BCUT2D eigenvalue weighted by Crippen LogP contribution is 2.32. The van der Waals surface area contributed by atoms with Crippen molar-refractivity contribution in [3.8, 4) is 11.5 Å². The van der Waals surface area contributed by atoms with Gasteiger partial charge in [-0.25, -0.2) is 9.18 Å². The van der Waals surface area contributed by atoms with E-state index in [1.165, 1.54) is 0 Å². The zero-order valence-corrected chi connectivity index (χ0v) is 22.7. The summed E-state index contributed by atoms with van der Waals surface area (Å²) in [4.78, 5) is 49.6. The number of halogens is 1. The van der Waals surface area contributed by atoms with Gasteiger partial charge in [0.05, 0.1) is 12.5 Å². The normalized spacial score (nSPS) is 21.1. The first-order valence-electron chi connectivity index (χ1n) is 13.1. The molecule has 1 saturated heterocycles. The molecule has 12 nitrogen and oxygen atoms in total. The van der Waals surface area contributed by atoms with E-state index in [0.29, 0.717) is 19.3 Å². The summed E-state index contributed by atoms with van der Waals surface area (Å²) in [5.74, 6) is -5.26. The van der Waals surface area contributed by atoms with Crippen molar-refractivity contribution in [2.75, 3.05) is 13.2 Å². The van der Waals surface area contributed by atoms with E-state index in [1.807, 2.05) is 0 Å². The Bertz CT molecular complexity index is 1060. The molecule has 2 rings (SSSR count). The van der Waals surface area contributed by atoms with Crippen molar-refractivity contribution >= 4 is 29.6 Å². The number of nitrogens with one attached hydrogen (secondary N) is 1. The topological polar surface area (TPSA) is 179 Å². The molecular weight excluding hydrogens is 533 g/mol. The monoisotopic (exact) mass is 569 g/mol. The van der Waals surface area contributed by atoms with Crippen molar-refractivity contribution in [1.29, 1.82) is 5.41 Å². The Morgan fingerprint density at radius 1 is 0.925 bits per heavy atom. The van der Waals surface area contributed by atoms with Gasteiger partial charge in [-0.15, -0.1) is 0 Å². The van der Waals surface area contributed by atoms with E-state index in [2.05, 4.69) is 0 Å². The number of carbonyl (C=O) groups is 4. The summed E-state index contributed by atoms with van der Waals surface area (Å²) in [5.41, 5.74) is -1.46. The third-order valence-corrected chi connectivity index (χ3v) is 5.88. The highest BCUT2D eigenvalue weighted by Gasteiger charge is 2.48. The highest BCUT2D eigenvalue weighted by atomic mass is 19.1. The maximum atomic E-state index is 14.9. The molecule has 3 N–H and O–H groups in total. The summed E-state index contributed by atoms with van der Waals surface area (Å²) in [6.45, 7) is 4.80. The molecule has 1 fully saturated rings. The van der Waals surface area contributed by atoms with Crippen LogP contribution in [-0.4, -0.2) is 71.5 Å². The molecule has 1 aliphatic heterocycles. The zero-order chi connectivity index (χ0) is 29.8. The maximum Gasteiger partial charge on any atom is 0.357 e. The lowest BCUT2D eigenvalue weighted by molar-refractivity contribution is -0.264. The molecule has 0 bridgehead atoms. The van der Waals surface area contributed by atoms with Crippen LogP contribution in [0.15, 0.2) is 18.2 Å². The molecule has 0 saturated carbocycles. The van der Waals surface area contributed by atoms with Crippen molar-refractivity contribution in [1.82, 2.24) is 0 Å². The van der Waals surface area contributed by atoms with Crippen molar-refractivity contribution in [3.05, 3.63) is 23.8 Å². The summed E-state index contributed by atoms with van der Waals surface area (Å²) in [7, 11) is 0. The molecule has 5 atom stereocenters. The molecule has 13 heteroatoms. The number of phenolic OH excluding ortho intramolecular Hbond substituents is 2. The van der Waals surface area contributed by atoms with E-state index >= 15 is 0 Å². The highest BCUT2D eigenvalue weighted by molar-refractivity contribution is 6.36. The number of hydrogen-bond donors (Lipinski definition) is 3. The van der Waals surface area contributed by atoms with Gasteiger partial charge in [-0.1, -0.05) is 26.8 Å². The molecule has 40 heavy (non-hydrogen) atoms. The van der Waals surface area contributed by atoms with Gasteiger partial charge in [-0.2, -0.15) is 0 Å². The second-order valence-corrected chi connectivity index (χ2v) is 9.23. The number of benzene rings is 1. The van der Waals surface area contributed by atoms with Crippen LogP contribution in [0.1, 0.15) is 71.0 Å². The van der Waals surface area contributed by atoms with Crippen molar-refractivity contribution in [2.45, 2.75) is 84.0 Å². The van der Waals surface area contributed by atoms with Crippen LogP contribution in [0.25, 0.3) is 0 Å². The first-order valence-corrected chi connectivity index (χ1v) is 13.1. The van der Waals surface area contributed by atoms with Gasteiger partial charge < -0.3 is 33.9 Å². The number of esters is 4. The SMILES string of the molecule is CCCC(=O)OC[C@@H]1COC(OC(=O)C(=N)C(F)c2ccc(O)c(O)c2)[C@H](OC(=O)CCC)[C@H]1OC(=O)CCC. The number of rotatable bonds is 14. The van der Waals surface area contributed by atoms with Crippen molar-refractivity contribution in [3.63, 3.8) is 0 Å². The number of hydrogen-bond acceptors (Lipinski definition) is 12. The number of alkyl halides is 1. The number of carbonyl (C=O) groups excluding carboxylic acids is 4. The van der Waals surface area contributed by atoms with Crippen molar-refractivity contribution < 1.29 is 57.5 Å². The number of phenols is 2. The van der Waals surface area contributed by atoms with Crippen LogP contribution in [0.4, 0.5) is 4.39 Å². The van der Waals surface area contributed by atoms with E-state index < -0.39 is 71.7 Å². The second-order valence-electron chi connectivity index (χ2n) is 9.23. The van der Waals surface area contributed by atoms with Crippen molar-refractivity contribution in [2.24, 2.45) is 5.92 Å². The van der Waals surface area contributed by atoms with Crippen LogP contribution in [0.2, 0.25) is 0 Å². The molecular formula is C27H36FNO11. The standard InChI is InChI=1S/C27H36FNO11/c1-4-7-19(32)36-13-16-14-37-27(25(39-21(34)9-6-3)24(16)38-20(33)8-5-2)40-26(35)23(29)22(28)15-10-11-17(30)18(31)12-15/h10-12,16,22,24-25,27,29-31H,4-9,13-14H2,1-3H3/t16-,22?,24+,25-,27?/m1/s1. The van der Waals surface area contributed by atoms with E-state index in [0.717, 1.165) is 18.2 Å². The second kappa shape index (κ2) is 15.8. The smallest absolute Gasteiger partial charge is 0.357 e. The molecule has 1 heterocycles. The lowest BCUT2D eigenvalue weighted by Crippen LogP contribution is -2.56. The molecule has 0 amide bonds. The summed E-state index contributed by atoms with van der Waals surface area (Å²) in [5, 5.41) is 27.0. The van der Waals surface area contributed by atoms with Crippen LogP contribution in [0.3, 0.4) is 0 Å². The zero-order valence-electron chi connectivity index (χ0n) is 22.7. The first-order chi connectivity index (χ1) is 19.0. The molecule has 0 aliphatic carbocycles. The van der Waals surface area contributed by atoms with Gasteiger partial charge in [0.25, 0.3) is 0 Å². The summed E-state index contributed by atoms with van der Waals surface area (Å²) in [6, 6.07) is 2.91. The lowest BCUT2D eigenvalue weighted by atomic mass is 9.95. The Balaban J connectivity index is 2.29. The molecule has 0 aromatic heterocycles. The Kier molecular flexibility index (Phi) is 12.8. The summed E-state index contributed by atoms with van der Waals surface area (Å²) in [6.07, 6.45) is -5.17. The molecule has 0 radical (unpaired) electrons. The average molecular weight is 570 g/mol. The Morgan fingerprint density at radius 2 is 1.50 bits per heavy atom. The van der Waals surface area contributed by atoms with Gasteiger partial charge in [0.15, 0.2) is 29.5 Å². The number of aromatic hydroxyl groups is 2. The Morgan fingerprint density at radius 3 is 2.08 bits per heavy atom. The predicted molar refractivity (Wildman–Crippen MR) is 136 cm³/mol. The molecule has 1 aromatic carbocycles. The van der Waals surface area contributed by atoms with Crippen LogP contribution < -0.4 is 0 Å². The quantitative estimate of drug-likeness (QED) is 0.129. The van der Waals surface area contributed by atoms with Gasteiger partial charge in [-0.3, -0.25) is 19.8 Å². The number of ether oxygens (including phenoxy) is 5. The van der Waals surface area contributed by atoms with E-state index in [9.17, 15) is 33.8 Å². The molecule has 0 spiro atoms. The van der Waals surface area contributed by atoms with Gasteiger partial charge in [0.2, 0.25) is 12.4 Å². The Labute approximate surface area is 231 Å². The minimum absolute atomic E-state index is 0.0182. The maximum absolute atomic E-state index is 14.9. The van der Waals surface area contributed by atoms with Crippen LogP contribution in [0.5, 0.6) is 11.5 Å². The van der Waals surface area contributed by atoms with Gasteiger partial charge >= 0.3 is 23.9 Å². The average Bonchev–Trinajstić information content (AvgIpc) is 2.91. The molecule has 1 aromatic rings. The fourth-order valence-corrected chi connectivity index (χ4v) is 3.80. The minimum Gasteiger partial charge on any atom is -0.504 e. The third-order valence-electron chi connectivity index (χ3n) is 5.88. The lowest BCUT2D eigenvalue weighted by Gasteiger charge is -2.40. The summed E-state index contributed by atoms with van der Waals surface area (Å²) < 4.78 is 42.1. The van der Waals surface area contributed by atoms with Gasteiger partial charge in [0.1, 0.15) is 6.61 Å². The first kappa shape index (κ1) is 32.5. The van der Waals surface area contributed by atoms with E-state index in [4.69, 9.17) is 29.1 Å². The predicted octanol–water partition coefficient (Wildman–Crippen LogP) is 3.41. The molecule has 222 valence electrons. The molecule has 1 aliphatic rings. The van der Waals surface area contributed by atoms with Crippen LogP contribution in [0, 0.1) is 11.3 Å². The van der Waals surface area contributed by atoms with Crippen LogP contribution >= 0.6 is 0 Å². The summed E-state index contributed by atoms with van der Waals surface area (Å²) >= 11 is 0. The van der Waals surface area contributed by atoms with E-state index in [1.54, 1.807) is 20.8 Å². The van der Waals surface area contributed by atoms with Gasteiger partial charge in [0, 0.05) is 19.3 Å². The van der Waals surface area contributed by atoms with Gasteiger partial charge in [-0.05, 0) is 37.0 Å². The largest absolute Gasteiger partial charge is 0.504 e. The fraction of sp³-hybridized carbons (Fsp3) is 0.593. The Hall–Kier alpha value is -3.74. The van der Waals surface area contributed by atoms with E-state index in [-0.39, 0.29) is 38.0 Å². The molecule has 2 unspecified atom stereocenters. The minimum atomic E-state index is -2.34. The fourth-order valence-electron chi connectivity index (χ4n) is 3.80.